The van der Waals surface area contributed by atoms with E-state index in [1.165, 1.54) is 23.4 Å². The summed E-state index contributed by atoms with van der Waals surface area (Å²) in [4.78, 5) is 0. The first kappa shape index (κ1) is 18.1. The highest BCUT2D eigenvalue weighted by molar-refractivity contribution is 7.98. The Bertz CT molecular complexity index is 1160. The van der Waals surface area contributed by atoms with Gasteiger partial charge in [-0.3, -0.25) is 0 Å². The summed E-state index contributed by atoms with van der Waals surface area (Å²) in [5, 5.41) is 17.8. The summed E-state index contributed by atoms with van der Waals surface area (Å²) in [5.41, 5.74) is 6.57. The molecule has 0 amide bonds. The number of rotatable bonds is 5. The highest BCUT2D eigenvalue weighted by Crippen LogP contribution is 2.31. The van der Waals surface area contributed by atoms with Gasteiger partial charge in [0.2, 0.25) is 5.16 Å². The minimum absolute atomic E-state index is 0.240. The van der Waals surface area contributed by atoms with E-state index in [-0.39, 0.29) is 5.82 Å². The van der Waals surface area contributed by atoms with Gasteiger partial charge in [0.15, 0.2) is 0 Å². The Morgan fingerprint density at radius 2 is 1.90 bits per heavy atom. The van der Waals surface area contributed by atoms with Gasteiger partial charge in [0.25, 0.3) is 0 Å². The Morgan fingerprint density at radius 3 is 2.72 bits per heavy atom. The number of fused-ring (bicyclic) bond motifs is 1. The molecule has 0 radical (unpaired) electrons. The standard InChI is InChI=1S/C21H19FN6S/c1-14-4-2-5-17(12-14)28-21(23-25-26-28)29-13-19-18-6-3-7-20(18)27(24-19)16-10-8-15(22)9-11-16/h2,4-5,8-12H,3,6-7,13H2,1H3. The predicted octanol–water partition coefficient (Wildman–Crippen LogP) is 4.08. The zero-order valence-corrected chi connectivity index (χ0v) is 16.7. The molecular weight excluding hydrogens is 387 g/mol. The van der Waals surface area contributed by atoms with Crippen molar-refractivity contribution in [3.8, 4) is 11.4 Å². The van der Waals surface area contributed by atoms with Crippen LogP contribution in [0.15, 0.2) is 53.7 Å². The molecule has 1 aliphatic carbocycles. The average molecular weight is 406 g/mol. The lowest BCUT2D eigenvalue weighted by Gasteiger charge is -2.05. The Labute approximate surface area is 171 Å². The molecule has 8 heteroatoms. The van der Waals surface area contributed by atoms with Crippen LogP contribution in [0.5, 0.6) is 0 Å². The third-order valence-corrected chi connectivity index (χ3v) is 6.04. The van der Waals surface area contributed by atoms with Crippen LogP contribution in [0.4, 0.5) is 4.39 Å². The smallest absolute Gasteiger partial charge is 0.214 e. The number of nitrogens with zero attached hydrogens (tertiary/aromatic N) is 6. The maximum Gasteiger partial charge on any atom is 0.214 e. The maximum absolute atomic E-state index is 13.3. The first-order valence-corrected chi connectivity index (χ1v) is 10.5. The molecule has 2 aromatic heterocycles. The molecule has 0 atom stereocenters. The van der Waals surface area contributed by atoms with Crippen LogP contribution in [-0.4, -0.2) is 30.0 Å². The first-order valence-electron chi connectivity index (χ1n) is 9.53. The van der Waals surface area contributed by atoms with E-state index in [0.717, 1.165) is 47.1 Å². The summed E-state index contributed by atoms with van der Waals surface area (Å²) in [6, 6.07) is 14.6. The van der Waals surface area contributed by atoms with Gasteiger partial charge in [0.05, 0.1) is 17.1 Å². The molecule has 0 aliphatic heterocycles. The molecule has 0 N–H and O–H groups in total. The van der Waals surface area contributed by atoms with Crippen LogP contribution >= 0.6 is 11.8 Å². The van der Waals surface area contributed by atoms with E-state index in [2.05, 4.69) is 21.6 Å². The van der Waals surface area contributed by atoms with Gasteiger partial charge in [-0.2, -0.15) is 9.78 Å². The monoisotopic (exact) mass is 406 g/mol. The van der Waals surface area contributed by atoms with Gasteiger partial charge in [-0.15, -0.1) is 5.10 Å². The van der Waals surface area contributed by atoms with Crippen molar-refractivity contribution in [2.75, 3.05) is 0 Å². The summed E-state index contributed by atoms with van der Waals surface area (Å²) < 4.78 is 17.0. The van der Waals surface area contributed by atoms with Crippen LogP contribution in [0, 0.1) is 12.7 Å². The Morgan fingerprint density at radius 1 is 1.03 bits per heavy atom. The Kier molecular flexibility index (Phi) is 4.63. The molecule has 0 fully saturated rings. The summed E-state index contributed by atoms with van der Waals surface area (Å²) in [7, 11) is 0. The number of hydrogen-bond donors (Lipinski definition) is 0. The Hall–Kier alpha value is -3.00. The lowest BCUT2D eigenvalue weighted by atomic mass is 10.2. The van der Waals surface area contributed by atoms with Crippen molar-refractivity contribution in [3.63, 3.8) is 0 Å². The fourth-order valence-electron chi connectivity index (χ4n) is 3.75. The molecule has 0 bridgehead atoms. The van der Waals surface area contributed by atoms with E-state index < -0.39 is 0 Å². The molecule has 0 saturated carbocycles. The van der Waals surface area contributed by atoms with Gasteiger partial charge in [-0.1, -0.05) is 23.9 Å². The van der Waals surface area contributed by atoms with Crippen LogP contribution in [0.1, 0.15) is 28.9 Å². The van der Waals surface area contributed by atoms with Crippen molar-refractivity contribution in [1.29, 1.82) is 0 Å². The quantitative estimate of drug-likeness (QED) is 0.468. The summed E-state index contributed by atoms with van der Waals surface area (Å²) in [5.74, 6) is 0.444. The van der Waals surface area contributed by atoms with Gasteiger partial charge in [-0.25, -0.2) is 9.07 Å². The lowest BCUT2D eigenvalue weighted by molar-refractivity contribution is 0.626. The normalized spacial score (nSPS) is 13.0. The number of aryl methyl sites for hydroxylation is 1. The van der Waals surface area contributed by atoms with E-state index in [0.29, 0.717) is 5.75 Å². The summed E-state index contributed by atoms with van der Waals surface area (Å²) in [6.45, 7) is 2.05. The summed E-state index contributed by atoms with van der Waals surface area (Å²) in [6.07, 6.45) is 3.13. The van der Waals surface area contributed by atoms with Gasteiger partial charge < -0.3 is 0 Å². The number of aromatic nitrogens is 6. The second kappa shape index (κ2) is 7.44. The lowest BCUT2D eigenvalue weighted by Crippen LogP contribution is -2.02. The van der Waals surface area contributed by atoms with Crippen molar-refractivity contribution in [2.45, 2.75) is 37.1 Å². The van der Waals surface area contributed by atoms with E-state index in [9.17, 15) is 4.39 Å². The zero-order valence-electron chi connectivity index (χ0n) is 15.9. The van der Waals surface area contributed by atoms with Crippen LogP contribution < -0.4 is 0 Å². The molecule has 0 saturated heterocycles. The third-order valence-electron chi connectivity index (χ3n) is 5.11. The van der Waals surface area contributed by atoms with Gasteiger partial charge in [-0.05, 0) is 84.1 Å². The molecule has 5 rings (SSSR count). The number of halogens is 1. The van der Waals surface area contributed by atoms with Crippen LogP contribution in [-0.2, 0) is 18.6 Å². The average Bonchev–Trinajstić information content (AvgIpc) is 3.44. The maximum atomic E-state index is 13.3. The van der Waals surface area contributed by atoms with Gasteiger partial charge in [0.1, 0.15) is 5.82 Å². The SMILES string of the molecule is Cc1cccc(-n2nnnc2SCc2nn(-c3ccc(F)cc3)c3c2CCC3)c1. The second-order valence-corrected chi connectivity index (χ2v) is 8.06. The van der Waals surface area contributed by atoms with Crippen molar-refractivity contribution in [3.05, 3.63) is 76.9 Å². The number of benzene rings is 2. The van der Waals surface area contributed by atoms with Crippen LogP contribution in [0.2, 0.25) is 0 Å². The van der Waals surface area contributed by atoms with Crippen LogP contribution in [0.25, 0.3) is 11.4 Å². The fourth-order valence-corrected chi connectivity index (χ4v) is 4.61. The molecular formula is C21H19FN6S. The Balaban J connectivity index is 1.42. The van der Waals surface area contributed by atoms with Crippen molar-refractivity contribution in [1.82, 2.24) is 30.0 Å². The topological polar surface area (TPSA) is 61.4 Å². The molecule has 0 unspecified atom stereocenters. The largest absolute Gasteiger partial charge is 0.237 e. The minimum atomic E-state index is -0.240. The van der Waals surface area contributed by atoms with E-state index in [1.807, 2.05) is 29.8 Å². The van der Waals surface area contributed by atoms with Gasteiger partial charge >= 0.3 is 0 Å². The van der Waals surface area contributed by atoms with Crippen molar-refractivity contribution < 1.29 is 4.39 Å². The summed E-state index contributed by atoms with van der Waals surface area (Å²) >= 11 is 1.58. The van der Waals surface area contributed by atoms with Crippen molar-refractivity contribution >= 4 is 11.8 Å². The number of hydrogen-bond acceptors (Lipinski definition) is 5. The molecule has 29 heavy (non-hydrogen) atoms. The van der Waals surface area contributed by atoms with E-state index in [1.54, 1.807) is 28.6 Å². The molecule has 2 aromatic carbocycles. The molecule has 6 nitrogen and oxygen atoms in total. The van der Waals surface area contributed by atoms with E-state index >= 15 is 0 Å². The number of tetrazole rings is 1. The first-order chi connectivity index (χ1) is 14.2. The molecule has 146 valence electrons. The molecule has 0 spiro atoms. The molecule has 4 aromatic rings. The highest BCUT2D eigenvalue weighted by Gasteiger charge is 2.23. The van der Waals surface area contributed by atoms with E-state index in [4.69, 9.17) is 5.10 Å². The zero-order chi connectivity index (χ0) is 19.8. The second-order valence-electron chi connectivity index (χ2n) is 7.11. The van der Waals surface area contributed by atoms with Gasteiger partial charge in [0, 0.05) is 11.4 Å². The molecule has 2 heterocycles. The fraction of sp³-hybridized carbons (Fsp3) is 0.238. The minimum Gasteiger partial charge on any atom is -0.237 e. The van der Waals surface area contributed by atoms with Crippen LogP contribution in [0.3, 0.4) is 0 Å². The molecule has 1 aliphatic rings. The van der Waals surface area contributed by atoms with Crippen molar-refractivity contribution in [2.24, 2.45) is 0 Å². The third kappa shape index (κ3) is 3.44. The number of thioether (sulfide) groups is 1. The predicted molar refractivity (Wildman–Crippen MR) is 109 cm³/mol. The highest BCUT2D eigenvalue weighted by atomic mass is 32.2.